The predicted molar refractivity (Wildman–Crippen MR) is 275 cm³/mol. The largest absolute Gasteiger partial charge is 0.365 e. The number of unbranched alkanes of at least 4 members (excludes halogenated alkanes) is 14. The van der Waals surface area contributed by atoms with Crippen LogP contribution in [0.5, 0.6) is 0 Å². The van der Waals surface area contributed by atoms with Crippen molar-refractivity contribution < 1.29 is 4.74 Å². The fourth-order valence-corrected chi connectivity index (χ4v) is 11.1. The Balaban J connectivity index is 1.20. The number of aromatic nitrogens is 4. The lowest BCUT2D eigenvalue weighted by Crippen LogP contribution is -2.28. The molecule has 0 N–H and O–H groups in total. The molecule has 6 rings (SSSR count). The van der Waals surface area contributed by atoms with Gasteiger partial charge in [-0.2, -0.15) is 0 Å². The number of hydrogen-bond acceptors (Lipinski definition) is 5. The van der Waals surface area contributed by atoms with Crippen molar-refractivity contribution in [1.82, 2.24) is 19.9 Å². The van der Waals surface area contributed by atoms with Crippen LogP contribution in [0.15, 0.2) is 73.3 Å². The van der Waals surface area contributed by atoms with Crippen LogP contribution in [0.3, 0.4) is 0 Å². The van der Waals surface area contributed by atoms with Crippen molar-refractivity contribution in [2.24, 2.45) is 23.7 Å². The van der Waals surface area contributed by atoms with E-state index in [-0.39, 0.29) is 12.2 Å². The molecule has 0 saturated heterocycles. The van der Waals surface area contributed by atoms with E-state index in [1.54, 1.807) is 0 Å². The van der Waals surface area contributed by atoms with Crippen molar-refractivity contribution in [3.63, 3.8) is 0 Å². The molecule has 2 atom stereocenters. The van der Waals surface area contributed by atoms with Crippen LogP contribution in [-0.4, -0.2) is 19.9 Å². The number of aryl methyl sites for hydroxylation is 2. The van der Waals surface area contributed by atoms with Gasteiger partial charge in [0.15, 0.2) is 11.6 Å². The van der Waals surface area contributed by atoms with Gasteiger partial charge in [-0.3, -0.25) is 0 Å². The third-order valence-corrected chi connectivity index (χ3v) is 15.4. The number of nitrogens with zero attached hydrogens (tertiary/aromatic N) is 4. The molecule has 2 aliphatic carbocycles. The van der Waals surface area contributed by atoms with Gasteiger partial charge < -0.3 is 4.74 Å². The summed E-state index contributed by atoms with van der Waals surface area (Å²) in [6, 6.07) is 18.4. The average molecular weight is 883 g/mol. The number of benzene rings is 2. The molecular weight excluding hydrogens is 793 g/mol. The second-order valence-corrected chi connectivity index (χ2v) is 20.6. The molecule has 2 aromatic heterocycles. The first-order chi connectivity index (χ1) is 32.1. The van der Waals surface area contributed by atoms with E-state index >= 15 is 0 Å². The smallest absolute Gasteiger partial charge is 0.159 e. The zero-order valence-corrected chi connectivity index (χ0v) is 41.8. The summed E-state index contributed by atoms with van der Waals surface area (Å²) < 4.78 is 7.77. The molecule has 0 aliphatic heterocycles. The second kappa shape index (κ2) is 29.3. The topological polar surface area (TPSA) is 60.8 Å². The monoisotopic (exact) mass is 883 g/mol. The minimum Gasteiger partial charge on any atom is -0.365 e. The first-order valence-electron chi connectivity index (χ1n) is 27.6. The maximum absolute atomic E-state index is 7.77. The van der Waals surface area contributed by atoms with Gasteiger partial charge in [0.2, 0.25) is 0 Å². The van der Waals surface area contributed by atoms with Crippen molar-refractivity contribution in [2.45, 2.75) is 233 Å². The Kier molecular flexibility index (Phi) is 23.0. The normalized spacial score (nSPS) is 19.9. The van der Waals surface area contributed by atoms with E-state index in [0.717, 1.165) is 47.5 Å². The summed E-state index contributed by atoms with van der Waals surface area (Å²) in [4.78, 5) is 19.5. The van der Waals surface area contributed by atoms with Crippen molar-refractivity contribution in [3.8, 4) is 22.8 Å². The Morgan fingerprint density at radius 2 is 0.723 bits per heavy atom. The molecule has 0 radical (unpaired) electrons. The molecule has 2 heterocycles. The van der Waals surface area contributed by atoms with E-state index in [1.807, 2.05) is 0 Å². The zero-order chi connectivity index (χ0) is 45.3. The van der Waals surface area contributed by atoms with Crippen LogP contribution in [0.25, 0.3) is 22.8 Å². The highest BCUT2D eigenvalue weighted by molar-refractivity contribution is 5.56. The van der Waals surface area contributed by atoms with Gasteiger partial charge >= 0.3 is 0 Å². The van der Waals surface area contributed by atoms with Gasteiger partial charge in [-0.15, -0.1) is 0 Å². The molecule has 5 nitrogen and oxygen atoms in total. The van der Waals surface area contributed by atoms with Gasteiger partial charge in [0.25, 0.3) is 0 Å². The molecule has 2 unspecified atom stereocenters. The highest BCUT2D eigenvalue weighted by Crippen LogP contribution is 2.47. The van der Waals surface area contributed by atoms with Gasteiger partial charge in [0.05, 0.1) is 12.2 Å². The summed E-state index contributed by atoms with van der Waals surface area (Å²) >= 11 is 0. The fourth-order valence-electron chi connectivity index (χ4n) is 11.1. The van der Waals surface area contributed by atoms with Gasteiger partial charge in [-0.25, -0.2) is 19.9 Å². The SMILES string of the molecule is CCCCCCCCc1cnc(-c2ccc(C(OC(c3ccc(-c4ncc(CCCCCCCC)cn4)cc3)[C@H]3CC[C@H](CCCCC)CC3)[C@H]3CC[C@H](CCCCC)CC3)cc2)nc1. The van der Waals surface area contributed by atoms with E-state index in [2.05, 4.69) is 101 Å². The van der Waals surface area contributed by atoms with E-state index in [4.69, 9.17) is 24.7 Å². The van der Waals surface area contributed by atoms with Crippen molar-refractivity contribution in [1.29, 1.82) is 0 Å². The molecule has 0 spiro atoms. The third-order valence-electron chi connectivity index (χ3n) is 15.4. The summed E-state index contributed by atoms with van der Waals surface area (Å²) in [5, 5.41) is 0. The lowest BCUT2D eigenvalue weighted by molar-refractivity contribution is -0.0907. The minimum atomic E-state index is 0.0516. The standard InChI is InChI=1S/C60H90N4O/c1-5-9-13-15-17-21-25-49-43-61-59(62-44-49)55-39-35-53(36-40-55)57(51-31-27-47(28-32-51)23-19-11-7-3)65-58(52-33-29-48(30-34-52)24-20-12-8-4)54-37-41-56(42-38-54)60-63-45-50(46-64-60)26-22-18-16-14-10-6-2/h35-48,51-52,57-58H,5-34H2,1-4H3/t47-,48-,51-,52-,57?,58?. The first kappa shape index (κ1) is 51.0. The van der Waals surface area contributed by atoms with E-state index in [9.17, 15) is 0 Å². The predicted octanol–water partition coefficient (Wildman–Crippen LogP) is 18.0. The molecule has 65 heavy (non-hydrogen) atoms. The lowest BCUT2D eigenvalue weighted by atomic mass is 9.74. The molecular formula is C60H90N4O. The number of rotatable bonds is 30. The van der Waals surface area contributed by atoms with Gasteiger partial charge in [-0.05, 0) is 97.3 Å². The Hall–Kier alpha value is -3.44. The highest BCUT2D eigenvalue weighted by atomic mass is 16.5. The lowest BCUT2D eigenvalue weighted by Gasteiger charge is -2.40. The summed E-state index contributed by atoms with van der Waals surface area (Å²) in [6.45, 7) is 9.22. The maximum atomic E-state index is 7.77. The van der Waals surface area contributed by atoms with Crippen molar-refractivity contribution in [3.05, 3.63) is 95.6 Å². The maximum Gasteiger partial charge on any atom is 0.159 e. The average Bonchev–Trinajstić information content (AvgIpc) is 3.35. The van der Waals surface area contributed by atoms with Crippen LogP contribution in [0.2, 0.25) is 0 Å². The Bertz CT molecular complexity index is 1670. The van der Waals surface area contributed by atoms with Crippen LogP contribution in [0, 0.1) is 23.7 Å². The number of ether oxygens (including phenoxy) is 1. The van der Waals surface area contributed by atoms with Gasteiger partial charge in [0.1, 0.15) is 0 Å². The van der Waals surface area contributed by atoms with E-state index in [1.165, 1.54) is 202 Å². The molecule has 2 aromatic carbocycles. The number of hydrogen-bond donors (Lipinski definition) is 0. The summed E-state index contributed by atoms with van der Waals surface area (Å²) in [5.74, 6) is 4.38. The molecule has 356 valence electrons. The molecule has 5 heteroatoms. The Morgan fingerprint density at radius 3 is 1.08 bits per heavy atom. The van der Waals surface area contributed by atoms with Crippen LogP contribution < -0.4 is 0 Å². The van der Waals surface area contributed by atoms with E-state index < -0.39 is 0 Å². The molecule has 4 aromatic rings. The molecule has 0 amide bonds. The van der Waals surface area contributed by atoms with Crippen LogP contribution in [0.4, 0.5) is 0 Å². The van der Waals surface area contributed by atoms with Gasteiger partial charge in [0, 0.05) is 35.9 Å². The minimum absolute atomic E-state index is 0.0516. The molecule has 2 fully saturated rings. The molecule has 2 aliphatic rings. The highest BCUT2D eigenvalue weighted by Gasteiger charge is 2.36. The zero-order valence-electron chi connectivity index (χ0n) is 41.8. The molecule has 2 saturated carbocycles. The van der Waals surface area contributed by atoms with Gasteiger partial charge in [-0.1, -0.05) is 217 Å². The second-order valence-electron chi connectivity index (χ2n) is 20.6. The Morgan fingerprint density at radius 1 is 0.400 bits per heavy atom. The van der Waals surface area contributed by atoms with Crippen molar-refractivity contribution in [2.75, 3.05) is 0 Å². The first-order valence-corrected chi connectivity index (χ1v) is 27.6. The van der Waals surface area contributed by atoms with Crippen molar-refractivity contribution >= 4 is 0 Å². The molecule has 0 bridgehead atoms. The van der Waals surface area contributed by atoms with Crippen LogP contribution in [-0.2, 0) is 17.6 Å². The van der Waals surface area contributed by atoms with Crippen LogP contribution in [0.1, 0.15) is 242 Å². The third kappa shape index (κ3) is 17.0. The summed E-state index contributed by atoms with van der Waals surface area (Å²) in [6.07, 6.45) is 47.3. The van der Waals surface area contributed by atoms with Crippen LogP contribution >= 0.6 is 0 Å². The quantitative estimate of drug-likeness (QED) is 0.0488. The van der Waals surface area contributed by atoms with E-state index in [0.29, 0.717) is 11.8 Å². The fraction of sp³-hybridized carbons (Fsp3) is 0.667. The summed E-state index contributed by atoms with van der Waals surface area (Å²) in [5.41, 5.74) is 7.30. The summed E-state index contributed by atoms with van der Waals surface area (Å²) in [7, 11) is 0. The Labute approximate surface area is 397 Å².